The van der Waals surface area contributed by atoms with Crippen molar-refractivity contribution in [2.75, 3.05) is 11.9 Å². The van der Waals surface area contributed by atoms with Gasteiger partial charge in [0.2, 0.25) is 0 Å². The van der Waals surface area contributed by atoms with Crippen LogP contribution in [0.3, 0.4) is 0 Å². The van der Waals surface area contributed by atoms with Gasteiger partial charge in [0, 0.05) is 49.5 Å². The van der Waals surface area contributed by atoms with Gasteiger partial charge in [0.15, 0.2) is 0 Å². The van der Waals surface area contributed by atoms with Crippen molar-refractivity contribution in [2.45, 2.75) is 70.7 Å². The first kappa shape index (κ1) is 22.6. The number of benzene rings is 2. The van der Waals surface area contributed by atoms with Gasteiger partial charge in [-0.15, -0.1) is 0 Å². The SMILES string of the molecule is CC(C)N1Cc2ccc(C(=O)NC3CCC(N(C)c4ccc(C#N)c(Cl)c4)CC3)cc2C1. The van der Waals surface area contributed by atoms with E-state index in [4.69, 9.17) is 16.9 Å². The molecule has 0 atom stereocenters. The maximum Gasteiger partial charge on any atom is 0.251 e. The van der Waals surface area contributed by atoms with E-state index >= 15 is 0 Å². The lowest BCUT2D eigenvalue weighted by atomic mass is 9.89. The molecule has 32 heavy (non-hydrogen) atoms. The Balaban J connectivity index is 1.32. The lowest BCUT2D eigenvalue weighted by Crippen LogP contribution is -2.43. The van der Waals surface area contributed by atoms with Gasteiger partial charge >= 0.3 is 0 Å². The van der Waals surface area contributed by atoms with E-state index in [0.29, 0.717) is 22.7 Å². The van der Waals surface area contributed by atoms with Crippen LogP contribution in [0.15, 0.2) is 36.4 Å². The molecule has 0 unspecified atom stereocenters. The van der Waals surface area contributed by atoms with Gasteiger partial charge in [-0.1, -0.05) is 17.7 Å². The van der Waals surface area contributed by atoms with Crippen LogP contribution in [-0.2, 0) is 13.1 Å². The normalized spacial score (nSPS) is 20.6. The molecule has 1 aliphatic carbocycles. The van der Waals surface area contributed by atoms with E-state index in [9.17, 15) is 4.79 Å². The zero-order valence-electron chi connectivity index (χ0n) is 19.1. The zero-order chi connectivity index (χ0) is 22.8. The predicted octanol–water partition coefficient (Wildman–Crippen LogP) is 5.11. The summed E-state index contributed by atoms with van der Waals surface area (Å²) < 4.78 is 0. The van der Waals surface area contributed by atoms with Gasteiger partial charge in [-0.3, -0.25) is 9.69 Å². The number of rotatable bonds is 5. The lowest BCUT2D eigenvalue weighted by molar-refractivity contribution is 0.0925. The molecule has 1 heterocycles. The van der Waals surface area contributed by atoms with Gasteiger partial charge < -0.3 is 10.2 Å². The average Bonchev–Trinajstić information content (AvgIpc) is 3.23. The molecule has 1 amide bonds. The molecule has 2 aliphatic rings. The van der Waals surface area contributed by atoms with Gasteiger partial charge in [0.25, 0.3) is 5.91 Å². The summed E-state index contributed by atoms with van der Waals surface area (Å²) >= 11 is 6.21. The Bertz CT molecular complexity index is 1040. The highest BCUT2D eigenvalue weighted by molar-refractivity contribution is 6.32. The maximum absolute atomic E-state index is 12.9. The third kappa shape index (κ3) is 4.77. The fraction of sp³-hybridized carbons (Fsp3) is 0.462. The van der Waals surface area contributed by atoms with Gasteiger partial charge in [0.1, 0.15) is 6.07 Å². The summed E-state index contributed by atoms with van der Waals surface area (Å²) in [6, 6.07) is 15.0. The number of halogens is 1. The Hall–Kier alpha value is -2.55. The predicted molar refractivity (Wildman–Crippen MR) is 129 cm³/mol. The summed E-state index contributed by atoms with van der Waals surface area (Å²) in [6.07, 6.45) is 3.92. The second-order valence-corrected chi connectivity index (χ2v) is 9.76. The molecule has 0 saturated heterocycles. The first-order valence-corrected chi connectivity index (χ1v) is 11.8. The monoisotopic (exact) mass is 450 g/mol. The Morgan fingerprint density at radius 1 is 1.12 bits per heavy atom. The number of nitrogens with zero attached hydrogens (tertiary/aromatic N) is 3. The quantitative estimate of drug-likeness (QED) is 0.687. The highest BCUT2D eigenvalue weighted by atomic mass is 35.5. The minimum absolute atomic E-state index is 0.0338. The highest BCUT2D eigenvalue weighted by Gasteiger charge is 2.27. The molecule has 2 aromatic rings. The molecule has 1 fully saturated rings. The minimum Gasteiger partial charge on any atom is -0.372 e. The molecular formula is C26H31ClN4O. The maximum atomic E-state index is 12.9. The highest BCUT2D eigenvalue weighted by Crippen LogP contribution is 2.30. The topological polar surface area (TPSA) is 59.4 Å². The molecule has 2 aromatic carbocycles. The summed E-state index contributed by atoms with van der Waals surface area (Å²) in [4.78, 5) is 17.6. The van der Waals surface area contributed by atoms with Crippen molar-refractivity contribution in [2.24, 2.45) is 0 Å². The third-order valence-corrected chi connectivity index (χ3v) is 7.32. The van der Waals surface area contributed by atoms with Crippen molar-refractivity contribution in [1.29, 1.82) is 5.26 Å². The van der Waals surface area contributed by atoms with E-state index < -0.39 is 0 Å². The van der Waals surface area contributed by atoms with E-state index in [1.807, 2.05) is 18.2 Å². The first-order chi connectivity index (χ1) is 15.4. The summed E-state index contributed by atoms with van der Waals surface area (Å²) in [5.41, 5.74) is 4.90. The summed E-state index contributed by atoms with van der Waals surface area (Å²) in [5, 5.41) is 12.8. The van der Waals surface area contributed by atoms with Gasteiger partial charge in [-0.05, 0) is 81.0 Å². The number of carbonyl (C=O) groups is 1. The Morgan fingerprint density at radius 2 is 1.84 bits per heavy atom. The van der Waals surface area contributed by atoms with E-state index in [1.54, 1.807) is 6.07 Å². The summed E-state index contributed by atoms with van der Waals surface area (Å²) in [6.45, 7) is 6.31. The second kappa shape index (κ2) is 9.52. The zero-order valence-corrected chi connectivity index (χ0v) is 19.8. The number of nitriles is 1. The fourth-order valence-corrected chi connectivity index (χ4v) is 5.05. The van der Waals surface area contributed by atoms with Crippen molar-refractivity contribution in [1.82, 2.24) is 10.2 Å². The molecule has 1 aliphatic heterocycles. The van der Waals surface area contributed by atoms with Crippen LogP contribution in [-0.4, -0.2) is 36.0 Å². The summed E-state index contributed by atoms with van der Waals surface area (Å²) in [7, 11) is 2.08. The second-order valence-electron chi connectivity index (χ2n) is 9.35. The molecule has 0 aromatic heterocycles. The Labute approximate surface area is 196 Å². The first-order valence-electron chi connectivity index (χ1n) is 11.4. The standard InChI is InChI=1S/C26H31ClN4O/c1-17(2)31-15-20-5-4-18(12-21(20)16-31)26(32)29-22-7-10-23(11-8-22)30(3)24-9-6-19(14-28)25(27)13-24/h4-6,9,12-13,17,22-23H,7-8,10-11,15-16H2,1-3H3,(H,29,32). The van der Waals surface area contributed by atoms with Crippen molar-refractivity contribution >= 4 is 23.2 Å². The van der Waals surface area contributed by atoms with E-state index in [-0.39, 0.29) is 11.9 Å². The van der Waals surface area contributed by atoms with Crippen LogP contribution < -0.4 is 10.2 Å². The van der Waals surface area contributed by atoms with E-state index in [2.05, 4.69) is 54.2 Å². The van der Waals surface area contributed by atoms with Gasteiger partial charge in [0.05, 0.1) is 10.6 Å². The van der Waals surface area contributed by atoms with Crippen molar-refractivity contribution in [3.63, 3.8) is 0 Å². The number of anilines is 1. The minimum atomic E-state index is 0.0338. The van der Waals surface area contributed by atoms with Crippen molar-refractivity contribution in [3.05, 3.63) is 63.7 Å². The molecule has 6 heteroatoms. The van der Waals surface area contributed by atoms with Crippen LogP contribution in [0.25, 0.3) is 0 Å². The molecule has 1 saturated carbocycles. The number of amides is 1. The average molecular weight is 451 g/mol. The van der Waals surface area contributed by atoms with Crippen molar-refractivity contribution in [3.8, 4) is 6.07 Å². The molecule has 0 spiro atoms. The van der Waals surface area contributed by atoms with Crippen LogP contribution in [0.4, 0.5) is 5.69 Å². The molecule has 1 N–H and O–H groups in total. The van der Waals surface area contributed by atoms with Gasteiger partial charge in [-0.25, -0.2) is 0 Å². The number of carbonyl (C=O) groups excluding carboxylic acids is 1. The van der Waals surface area contributed by atoms with Crippen LogP contribution in [0.1, 0.15) is 66.6 Å². The Morgan fingerprint density at radius 3 is 2.50 bits per heavy atom. The molecule has 0 bridgehead atoms. The van der Waals surface area contributed by atoms with Crippen LogP contribution >= 0.6 is 11.6 Å². The van der Waals surface area contributed by atoms with E-state index in [1.165, 1.54) is 11.1 Å². The molecule has 5 nitrogen and oxygen atoms in total. The smallest absolute Gasteiger partial charge is 0.251 e. The van der Waals surface area contributed by atoms with Gasteiger partial charge in [-0.2, -0.15) is 5.26 Å². The van der Waals surface area contributed by atoms with Crippen molar-refractivity contribution < 1.29 is 4.79 Å². The van der Waals surface area contributed by atoms with Crippen LogP contribution in [0.2, 0.25) is 5.02 Å². The lowest BCUT2D eigenvalue weighted by Gasteiger charge is -2.36. The number of hydrogen-bond donors (Lipinski definition) is 1. The number of hydrogen-bond acceptors (Lipinski definition) is 4. The number of fused-ring (bicyclic) bond motifs is 1. The molecule has 0 radical (unpaired) electrons. The molecule has 168 valence electrons. The summed E-state index contributed by atoms with van der Waals surface area (Å²) in [5.74, 6) is 0.0338. The van der Waals surface area contributed by atoms with E-state index in [0.717, 1.165) is 50.0 Å². The number of nitrogens with one attached hydrogen (secondary N) is 1. The fourth-order valence-electron chi connectivity index (χ4n) is 4.83. The van der Waals surface area contributed by atoms with Crippen LogP contribution in [0.5, 0.6) is 0 Å². The third-order valence-electron chi connectivity index (χ3n) is 7.01. The Kier molecular flexibility index (Phi) is 6.74. The molecular weight excluding hydrogens is 420 g/mol. The largest absolute Gasteiger partial charge is 0.372 e. The molecule has 4 rings (SSSR count). The van der Waals surface area contributed by atoms with Crippen LogP contribution in [0, 0.1) is 11.3 Å².